The van der Waals surface area contributed by atoms with Crippen molar-refractivity contribution in [1.82, 2.24) is 5.43 Å². The normalized spacial score (nSPS) is 14.1. The summed E-state index contributed by atoms with van der Waals surface area (Å²) in [6.45, 7) is 4.36. The molecule has 0 saturated carbocycles. The van der Waals surface area contributed by atoms with Gasteiger partial charge in [-0.25, -0.2) is 5.84 Å². The van der Waals surface area contributed by atoms with Crippen LogP contribution in [0.5, 0.6) is 0 Å². The Morgan fingerprint density at radius 3 is 2.41 bits per heavy atom. The van der Waals surface area contributed by atoms with Crippen molar-refractivity contribution in [2.24, 2.45) is 11.6 Å². The standard InChI is InChI=1S/C13H21N3O/c1-3-9(2)11-6-4-10(5-7-11)8-12(14)13(17)16-15/h4-7,9,12H,3,8,14-15H2,1-2H3,(H,16,17). The summed E-state index contributed by atoms with van der Waals surface area (Å²) in [5.41, 5.74) is 10.1. The molecule has 94 valence electrons. The van der Waals surface area contributed by atoms with Crippen molar-refractivity contribution in [3.05, 3.63) is 35.4 Å². The molecule has 0 heterocycles. The first-order chi connectivity index (χ1) is 8.08. The number of hydrogen-bond donors (Lipinski definition) is 3. The largest absolute Gasteiger partial charge is 0.320 e. The first-order valence-corrected chi connectivity index (χ1v) is 5.93. The van der Waals surface area contributed by atoms with E-state index in [1.165, 1.54) is 5.56 Å². The quantitative estimate of drug-likeness (QED) is 0.405. The van der Waals surface area contributed by atoms with Gasteiger partial charge < -0.3 is 5.73 Å². The second-order valence-electron chi connectivity index (χ2n) is 4.37. The van der Waals surface area contributed by atoms with Gasteiger partial charge in [-0.3, -0.25) is 10.2 Å². The highest BCUT2D eigenvalue weighted by Crippen LogP contribution is 2.19. The Labute approximate surface area is 102 Å². The molecule has 4 heteroatoms. The Morgan fingerprint density at radius 1 is 1.35 bits per heavy atom. The van der Waals surface area contributed by atoms with Gasteiger partial charge in [-0.05, 0) is 29.9 Å². The highest BCUT2D eigenvalue weighted by atomic mass is 16.2. The van der Waals surface area contributed by atoms with E-state index in [9.17, 15) is 4.79 Å². The van der Waals surface area contributed by atoms with Crippen molar-refractivity contribution in [1.29, 1.82) is 0 Å². The molecule has 0 fully saturated rings. The number of benzene rings is 1. The molecule has 1 rings (SSSR count). The zero-order chi connectivity index (χ0) is 12.8. The Balaban J connectivity index is 2.65. The van der Waals surface area contributed by atoms with Crippen molar-refractivity contribution < 1.29 is 4.79 Å². The molecule has 0 aromatic heterocycles. The van der Waals surface area contributed by atoms with Crippen molar-refractivity contribution in [3.8, 4) is 0 Å². The van der Waals surface area contributed by atoms with Gasteiger partial charge in [0, 0.05) is 0 Å². The lowest BCUT2D eigenvalue weighted by Crippen LogP contribution is -2.45. The Morgan fingerprint density at radius 2 is 1.94 bits per heavy atom. The van der Waals surface area contributed by atoms with E-state index in [0.717, 1.165) is 12.0 Å². The average molecular weight is 235 g/mol. The summed E-state index contributed by atoms with van der Waals surface area (Å²) in [7, 11) is 0. The molecule has 0 aliphatic carbocycles. The van der Waals surface area contributed by atoms with E-state index in [-0.39, 0.29) is 5.91 Å². The van der Waals surface area contributed by atoms with Gasteiger partial charge in [-0.15, -0.1) is 0 Å². The maximum absolute atomic E-state index is 11.2. The van der Waals surface area contributed by atoms with Gasteiger partial charge >= 0.3 is 0 Å². The molecule has 1 aromatic carbocycles. The molecule has 4 nitrogen and oxygen atoms in total. The highest BCUT2D eigenvalue weighted by molar-refractivity contribution is 5.81. The highest BCUT2D eigenvalue weighted by Gasteiger charge is 2.12. The number of hydrogen-bond acceptors (Lipinski definition) is 3. The maximum atomic E-state index is 11.2. The molecule has 2 unspecified atom stereocenters. The smallest absolute Gasteiger partial charge is 0.251 e. The topological polar surface area (TPSA) is 81.1 Å². The van der Waals surface area contributed by atoms with Gasteiger partial charge in [0.05, 0.1) is 6.04 Å². The number of nitrogens with one attached hydrogen (secondary N) is 1. The van der Waals surface area contributed by atoms with Crippen molar-refractivity contribution in [3.63, 3.8) is 0 Å². The summed E-state index contributed by atoms with van der Waals surface area (Å²) in [5, 5.41) is 0. The van der Waals surface area contributed by atoms with Gasteiger partial charge in [-0.2, -0.15) is 0 Å². The lowest BCUT2D eigenvalue weighted by molar-refractivity contribution is -0.122. The number of amides is 1. The second kappa shape index (κ2) is 6.37. The minimum Gasteiger partial charge on any atom is -0.320 e. The fourth-order valence-corrected chi connectivity index (χ4v) is 1.67. The SMILES string of the molecule is CCC(C)c1ccc(CC(N)C(=O)NN)cc1. The van der Waals surface area contributed by atoms with Crippen molar-refractivity contribution >= 4 is 5.91 Å². The number of rotatable bonds is 5. The second-order valence-corrected chi connectivity index (χ2v) is 4.37. The molecular formula is C13H21N3O. The molecule has 0 saturated heterocycles. The van der Waals surface area contributed by atoms with Crippen LogP contribution in [0.25, 0.3) is 0 Å². The number of carbonyl (C=O) groups excluding carboxylic acids is 1. The summed E-state index contributed by atoms with van der Waals surface area (Å²) in [5.74, 6) is 5.25. The summed E-state index contributed by atoms with van der Waals surface area (Å²) < 4.78 is 0. The van der Waals surface area contributed by atoms with Gasteiger partial charge in [-0.1, -0.05) is 38.1 Å². The number of nitrogens with two attached hydrogens (primary N) is 2. The van der Waals surface area contributed by atoms with Crippen LogP contribution in [-0.4, -0.2) is 11.9 Å². The molecule has 0 aliphatic rings. The molecule has 17 heavy (non-hydrogen) atoms. The van der Waals surface area contributed by atoms with Crippen LogP contribution in [0, 0.1) is 0 Å². The number of carbonyl (C=O) groups is 1. The minimum atomic E-state index is -0.588. The third kappa shape index (κ3) is 3.84. The zero-order valence-corrected chi connectivity index (χ0v) is 10.4. The third-order valence-electron chi connectivity index (χ3n) is 3.10. The maximum Gasteiger partial charge on any atom is 0.251 e. The third-order valence-corrected chi connectivity index (χ3v) is 3.10. The Bertz CT molecular complexity index is 361. The van der Waals surface area contributed by atoms with E-state index >= 15 is 0 Å². The minimum absolute atomic E-state index is 0.337. The molecule has 0 aliphatic heterocycles. The molecule has 1 amide bonds. The summed E-state index contributed by atoms with van der Waals surface area (Å²) in [6.07, 6.45) is 1.62. The first kappa shape index (κ1) is 13.7. The van der Waals surface area contributed by atoms with Crippen LogP contribution >= 0.6 is 0 Å². The van der Waals surface area contributed by atoms with Crippen LogP contribution in [0.15, 0.2) is 24.3 Å². The van der Waals surface area contributed by atoms with Gasteiger partial charge in [0.1, 0.15) is 0 Å². The summed E-state index contributed by atoms with van der Waals surface area (Å²) >= 11 is 0. The molecule has 0 spiro atoms. The summed E-state index contributed by atoms with van der Waals surface area (Å²) in [4.78, 5) is 11.2. The van der Waals surface area contributed by atoms with Crippen LogP contribution in [0.4, 0.5) is 0 Å². The summed E-state index contributed by atoms with van der Waals surface area (Å²) in [6, 6.07) is 7.64. The first-order valence-electron chi connectivity index (χ1n) is 5.93. The fourth-order valence-electron chi connectivity index (χ4n) is 1.67. The predicted molar refractivity (Wildman–Crippen MR) is 69.2 cm³/mol. The van der Waals surface area contributed by atoms with E-state index in [2.05, 4.69) is 31.4 Å². The lowest BCUT2D eigenvalue weighted by atomic mass is 9.96. The monoisotopic (exact) mass is 235 g/mol. The van der Waals surface area contributed by atoms with E-state index < -0.39 is 6.04 Å². The zero-order valence-electron chi connectivity index (χ0n) is 10.4. The van der Waals surface area contributed by atoms with Crippen molar-refractivity contribution in [2.45, 2.75) is 38.6 Å². The Kier molecular flexibility index (Phi) is 5.12. The van der Waals surface area contributed by atoms with E-state index in [4.69, 9.17) is 11.6 Å². The predicted octanol–water partition coefficient (Wildman–Crippen LogP) is 1.06. The molecule has 2 atom stereocenters. The molecule has 0 radical (unpaired) electrons. The lowest BCUT2D eigenvalue weighted by Gasteiger charge is -2.12. The molecule has 0 bridgehead atoms. The molecular weight excluding hydrogens is 214 g/mol. The molecule has 1 aromatic rings. The van der Waals surface area contributed by atoms with Crippen LogP contribution in [0.1, 0.15) is 37.3 Å². The van der Waals surface area contributed by atoms with E-state index in [1.807, 2.05) is 12.1 Å². The van der Waals surface area contributed by atoms with E-state index in [1.54, 1.807) is 0 Å². The van der Waals surface area contributed by atoms with Crippen LogP contribution in [0.2, 0.25) is 0 Å². The molecule has 5 N–H and O–H groups in total. The van der Waals surface area contributed by atoms with Crippen molar-refractivity contribution in [2.75, 3.05) is 0 Å². The average Bonchev–Trinajstić information content (AvgIpc) is 2.37. The van der Waals surface area contributed by atoms with Crippen LogP contribution < -0.4 is 17.0 Å². The van der Waals surface area contributed by atoms with Gasteiger partial charge in [0.25, 0.3) is 5.91 Å². The Hall–Kier alpha value is -1.39. The number of hydrazine groups is 1. The van der Waals surface area contributed by atoms with Gasteiger partial charge in [0.2, 0.25) is 0 Å². The van der Waals surface area contributed by atoms with Crippen LogP contribution in [0.3, 0.4) is 0 Å². The van der Waals surface area contributed by atoms with Crippen LogP contribution in [-0.2, 0) is 11.2 Å². The van der Waals surface area contributed by atoms with Gasteiger partial charge in [0.15, 0.2) is 0 Å². The fraction of sp³-hybridized carbons (Fsp3) is 0.462. The van der Waals surface area contributed by atoms with E-state index in [0.29, 0.717) is 12.3 Å².